The highest BCUT2D eigenvalue weighted by Gasteiger charge is 2.17. The van der Waals surface area contributed by atoms with Gasteiger partial charge in [-0.15, -0.1) is 0 Å². The van der Waals surface area contributed by atoms with Crippen LogP contribution in [-0.4, -0.2) is 28.0 Å². The Labute approximate surface area is 150 Å². The van der Waals surface area contributed by atoms with Crippen LogP contribution in [0.1, 0.15) is 12.8 Å². The quantitative estimate of drug-likeness (QED) is 0.603. The number of aromatic nitrogens is 3. The van der Waals surface area contributed by atoms with E-state index >= 15 is 0 Å². The van der Waals surface area contributed by atoms with Crippen molar-refractivity contribution in [2.75, 3.05) is 18.0 Å². The lowest BCUT2D eigenvalue weighted by molar-refractivity contribution is 0.897. The summed E-state index contributed by atoms with van der Waals surface area (Å²) in [6, 6.07) is 16.3. The summed E-state index contributed by atoms with van der Waals surface area (Å²) in [5, 5.41) is 2.87. The molecule has 5 nitrogen and oxygen atoms in total. The van der Waals surface area contributed by atoms with Gasteiger partial charge in [0.1, 0.15) is 0 Å². The molecule has 5 heteroatoms. The van der Waals surface area contributed by atoms with Crippen LogP contribution in [0, 0.1) is 0 Å². The van der Waals surface area contributed by atoms with Crippen LogP contribution in [0.4, 0.5) is 5.95 Å². The molecule has 0 saturated carbocycles. The molecule has 3 heterocycles. The third-order valence-corrected chi connectivity index (χ3v) is 5.06. The minimum atomic E-state index is -0.131. The molecule has 26 heavy (non-hydrogen) atoms. The van der Waals surface area contributed by atoms with Crippen molar-refractivity contribution in [2.45, 2.75) is 12.8 Å². The number of hydrogen-bond donors (Lipinski definition) is 1. The Morgan fingerprint density at radius 2 is 1.77 bits per heavy atom. The summed E-state index contributed by atoms with van der Waals surface area (Å²) in [5.41, 5.74) is 2.23. The number of nitrogens with one attached hydrogen (secondary N) is 1. The second-order valence-corrected chi connectivity index (χ2v) is 6.70. The molecule has 1 aliphatic heterocycles. The average Bonchev–Trinajstić information content (AvgIpc) is 3.22. The maximum Gasteiger partial charge on any atom is 0.262 e. The fourth-order valence-electron chi connectivity index (χ4n) is 3.73. The Morgan fingerprint density at radius 3 is 2.62 bits per heavy atom. The van der Waals surface area contributed by atoms with E-state index in [0.29, 0.717) is 17.0 Å². The highest BCUT2D eigenvalue weighted by molar-refractivity contribution is 5.95. The van der Waals surface area contributed by atoms with Gasteiger partial charge in [0.25, 0.3) is 5.56 Å². The first-order valence-corrected chi connectivity index (χ1v) is 8.93. The van der Waals surface area contributed by atoms with Crippen molar-refractivity contribution in [2.24, 2.45) is 0 Å². The third kappa shape index (κ3) is 2.44. The molecule has 128 valence electrons. The number of rotatable bonds is 2. The van der Waals surface area contributed by atoms with Gasteiger partial charge in [-0.25, -0.2) is 4.98 Å². The summed E-state index contributed by atoms with van der Waals surface area (Å²) in [6.07, 6.45) is 3.99. The highest BCUT2D eigenvalue weighted by atomic mass is 16.1. The molecule has 1 N–H and O–H groups in total. The monoisotopic (exact) mass is 342 g/mol. The first kappa shape index (κ1) is 15.1. The third-order valence-electron chi connectivity index (χ3n) is 5.06. The predicted octanol–water partition coefficient (Wildman–Crippen LogP) is 3.74. The Morgan fingerprint density at radius 1 is 0.962 bits per heavy atom. The smallest absolute Gasteiger partial charge is 0.262 e. The van der Waals surface area contributed by atoms with Gasteiger partial charge in [-0.2, -0.15) is 4.98 Å². The van der Waals surface area contributed by atoms with Crippen LogP contribution in [0.3, 0.4) is 0 Å². The van der Waals surface area contributed by atoms with E-state index in [2.05, 4.69) is 44.1 Å². The molecule has 0 atom stereocenters. The molecular weight excluding hydrogens is 324 g/mol. The van der Waals surface area contributed by atoms with E-state index in [4.69, 9.17) is 0 Å². The molecule has 0 spiro atoms. The van der Waals surface area contributed by atoms with E-state index in [0.717, 1.165) is 42.4 Å². The van der Waals surface area contributed by atoms with E-state index < -0.39 is 0 Å². The van der Waals surface area contributed by atoms with Crippen molar-refractivity contribution in [3.8, 4) is 11.1 Å². The van der Waals surface area contributed by atoms with Gasteiger partial charge in [-0.3, -0.25) is 9.78 Å². The van der Waals surface area contributed by atoms with Crippen LogP contribution in [0.5, 0.6) is 0 Å². The minimum absolute atomic E-state index is 0.131. The highest BCUT2D eigenvalue weighted by Crippen LogP contribution is 2.28. The van der Waals surface area contributed by atoms with Crippen molar-refractivity contribution < 1.29 is 0 Å². The molecule has 0 bridgehead atoms. The fourth-order valence-corrected chi connectivity index (χ4v) is 3.73. The standard InChI is InChI=1S/C21H18N4O/c26-20-18-17(16-8-7-14-5-1-2-6-15(14)13-16)9-10-22-19(18)23-21(24-20)25-11-3-4-12-25/h1-2,5-10,13H,3-4,11-12H2,(H,22,23,24,26). The predicted molar refractivity (Wildman–Crippen MR) is 105 cm³/mol. The molecule has 0 aliphatic carbocycles. The number of benzene rings is 2. The lowest BCUT2D eigenvalue weighted by Gasteiger charge is -2.16. The molecule has 0 amide bonds. The maximum absolute atomic E-state index is 12.9. The number of aromatic amines is 1. The molecule has 0 radical (unpaired) electrons. The van der Waals surface area contributed by atoms with Gasteiger partial charge in [-0.1, -0.05) is 36.4 Å². The minimum Gasteiger partial charge on any atom is -0.342 e. The number of pyridine rings is 1. The van der Waals surface area contributed by atoms with Crippen LogP contribution in [0.25, 0.3) is 32.9 Å². The second-order valence-electron chi connectivity index (χ2n) is 6.70. The van der Waals surface area contributed by atoms with Crippen LogP contribution < -0.4 is 10.5 Å². The largest absolute Gasteiger partial charge is 0.342 e. The van der Waals surface area contributed by atoms with E-state index in [9.17, 15) is 4.79 Å². The Balaban J connectivity index is 1.71. The Hall–Kier alpha value is -3.21. The van der Waals surface area contributed by atoms with Gasteiger partial charge >= 0.3 is 0 Å². The number of nitrogens with zero attached hydrogens (tertiary/aromatic N) is 3. The molecule has 2 aromatic heterocycles. The lowest BCUT2D eigenvalue weighted by Crippen LogP contribution is -2.24. The number of hydrogen-bond acceptors (Lipinski definition) is 4. The molecule has 0 unspecified atom stereocenters. The van der Waals surface area contributed by atoms with Gasteiger partial charge in [-0.05, 0) is 46.9 Å². The normalized spacial score (nSPS) is 14.4. The summed E-state index contributed by atoms with van der Waals surface area (Å²) in [6.45, 7) is 1.86. The number of anilines is 1. The van der Waals surface area contributed by atoms with Gasteiger partial charge in [0.05, 0.1) is 5.39 Å². The summed E-state index contributed by atoms with van der Waals surface area (Å²) in [4.78, 5) is 26.9. The van der Waals surface area contributed by atoms with Crippen LogP contribution >= 0.6 is 0 Å². The molecule has 2 aromatic carbocycles. The summed E-state index contributed by atoms with van der Waals surface area (Å²) >= 11 is 0. The van der Waals surface area contributed by atoms with E-state index in [1.807, 2.05) is 24.3 Å². The van der Waals surface area contributed by atoms with Crippen molar-refractivity contribution in [1.29, 1.82) is 0 Å². The first-order chi connectivity index (χ1) is 12.8. The van der Waals surface area contributed by atoms with Gasteiger partial charge in [0.2, 0.25) is 5.95 Å². The topological polar surface area (TPSA) is 61.9 Å². The first-order valence-electron chi connectivity index (χ1n) is 8.93. The van der Waals surface area contributed by atoms with Gasteiger partial charge < -0.3 is 4.90 Å². The summed E-state index contributed by atoms with van der Waals surface area (Å²) < 4.78 is 0. The molecule has 1 aliphatic rings. The fraction of sp³-hybridized carbons (Fsp3) is 0.190. The summed E-state index contributed by atoms with van der Waals surface area (Å²) in [5.74, 6) is 0.628. The van der Waals surface area contributed by atoms with Crippen LogP contribution in [-0.2, 0) is 0 Å². The average molecular weight is 342 g/mol. The maximum atomic E-state index is 12.9. The molecular formula is C21H18N4O. The zero-order valence-corrected chi connectivity index (χ0v) is 14.3. The van der Waals surface area contributed by atoms with E-state index in [-0.39, 0.29) is 5.56 Å². The molecule has 5 rings (SSSR count). The van der Waals surface area contributed by atoms with Crippen molar-refractivity contribution in [3.05, 3.63) is 65.1 Å². The lowest BCUT2D eigenvalue weighted by atomic mass is 10.00. The molecule has 4 aromatic rings. The SMILES string of the molecule is O=c1[nH]c(N2CCCC2)nc2nccc(-c3ccc4ccccc4c3)c12. The van der Waals surface area contributed by atoms with E-state index in [1.165, 1.54) is 5.39 Å². The number of fused-ring (bicyclic) bond motifs is 2. The van der Waals surface area contributed by atoms with Crippen LogP contribution in [0.15, 0.2) is 59.5 Å². The second kappa shape index (κ2) is 5.95. The summed E-state index contributed by atoms with van der Waals surface area (Å²) in [7, 11) is 0. The number of H-pyrrole nitrogens is 1. The van der Waals surface area contributed by atoms with Crippen molar-refractivity contribution in [3.63, 3.8) is 0 Å². The Kier molecular flexibility index (Phi) is 3.45. The van der Waals surface area contributed by atoms with Crippen LogP contribution in [0.2, 0.25) is 0 Å². The molecule has 1 fully saturated rings. The zero-order valence-electron chi connectivity index (χ0n) is 14.3. The van der Waals surface area contributed by atoms with Gasteiger partial charge in [0, 0.05) is 19.3 Å². The van der Waals surface area contributed by atoms with Gasteiger partial charge in [0.15, 0.2) is 5.65 Å². The Bertz CT molecular complexity index is 1180. The van der Waals surface area contributed by atoms with Crippen molar-refractivity contribution in [1.82, 2.24) is 15.0 Å². The van der Waals surface area contributed by atoms with Crippen molar-refractivity contribution >= 4 is 27.8 Å². The molecule has 1 saturated heterocycles. The zero-order chi connectivity index (χ0) is 17.5. The van der Waals surface area contributed by atoms with E-state index in [1.54, 1.807) is 6.20 Å².